The number of halogens is 2. The standard InChI is InChI=1S/C20H19F2N3O3S3/c1-12-18(20(26)25-7-3-2-4-8-25)30-19(23-12)13-9-17(29-11-13)31(27,28)24-14-5-6-15(21)16(22)10-14/h5-6,9-11,24H,2-4,7-8H2,1H3. The van der Waals surface area contributed by atoms with E-state index in [1.807, 2.05) is 4.90 Å². The number of sulfonamides is 1. The number of nitrogens with one attached hydrogen (secondary N) is 1. The van der Waals surface area contributed by atoms with Crippen molar-refractivity contribution in [3.05, 3.63) is 51.9 Å². The monoisotopic (exact) mass is 483 g/mol. The molecule has 3 heterocycles. The fourth-order valence-electron chi connectivity index (χ4n) is 3.29. The molecule has 6 nitrogen and oxygen atoms in total. The number of likely N-dealkylation sites (tertiary alicyclic amines) is 1. The SMILES string of the molecule is Cc1nc(-c2csc(S(=O)(=O)Nc3ccc(F)c(F)c3)c2)sc1C(=O)N1CCCCC1. The van der Waals surface area contributed by atoms with Crippen molar-refractivity contribution >= 4 is 44.3 Å². The first-order chi connectivity index (χ1) is 14.7. The average Bonchev–Trinajstić information content (AvgIpc) is 3.38. The second-order valence-electron chi connectivity index (χ2n) is 7.18. The van der Waals surface area contributed by atoms with Crippen molar-refractivity contribution in [2.45, 2.75) is 30.4 Å². The molecule has 0 saturated carbocycles. The summed E-state index contributed by atoms with van der Waals surface area (Å²) >= 11 is 2.23. The van der Waals surface area contributed by atoms with Crippen LogP contribution in [0, 0.1) is 18.6 Å². The molecule has 1 aliphatic heterocycles. The summed E-state index contributed by atoms with van der Waals surface area (Å²) in [7, 11) is -3.99. The molecule has 31 heavy (non-hydrogen) atoms. The molecular weight excluding hydrogens is 464 g/mol. The number of carbonyl (C=O) groups excluding carboxylic acids is 1. The molecule has 0 bridgehead atoms. The topological polar surface area (TPSA) is 79.4 Å². The van der Waals surface area contributed by atoms with Gasteiger partial charge in [-0.2, -0.15) is 0 Å². The van der Waals surface area contributed by atoms with Gasteiger partial charge >= 0.3 is 0 Å². The lowest BCUT2D eigenvalue weighted by Gasteiger charge is -2.26. The molecule has 2 aromatic heterocycles. The number of thiophene rings is 1. The summed E-state index contributed by atoms with van der Waals surface area (Å²) in [5, 5.41) is 2.20. The second-order valence-corrected chi connectivity index (χ2v) is 11.0. The zero-order valence-electron chi connectivity index (χ0n) is 16.5. The van der Waals surface area contributed by atoms with Crippen molar-refractivity contribution in [2.24, 2.45) is 0 Å². The van der Waals surface area contributed by atoms with Crippen molar-refractivity contribution in [2.75, 3.05) is 17.8 Å². The van der Waals surface area contributed by atoms with E-state index in [2.05, 4.69) is 9.71 Å². The van der Waals surface area contributed by atoms with Gasteiger partial charge in [0.1, 0.15) is 14.1 Å². The van der Waals surface area contributed by atoms with Crippen LogP contribution in [0.2, 0.25) is 0 Å². The van der Waals surface area contributed by atoms with Gasteiger partial charge in [-0.1, -0.05) is 0 Å². The molecule has 0 atom stereocenters. The molecule has 3 aromatic rings. The fourth-order valence-corrected chi connectivity index (χ4v) is 6.60. The van der Waals surface area contributed by atoms with E-state index < -0.39 is 21.7 Å². The van der Waals surface area contributed by atoms with Crippen LogP contribution < -0.4 is 4.72 Å². The minimum absolute atomic E-state index is 0.00370. The number of amides is 1. The highest BCUT2D eigenvalue weighted by molar-refractivity contribution is 7.94. The molecule has 1 N–H and O–H groups in total. The Morgan fingerprint density at radius 3 is 2.58 bits per heavy atom. The first-order valence-corrected chi connectivity index (χ1v) is 12.8. The number of rotatable bonds is 5. The molecular formula is C20H19F2N3O3S3. The quantitative estimate of drug-likeness (QED) is 0.561. The van der Waals surface area contributed by atoms with E-state index in [1.165, 1.54) is 17.4 Å². The van der Waals surface area contributed by atoms with E-state index in [-0.39, 0.29) is 15.8 Å². The molecule has 1 saturated heterocycles. The largest absolute Gasteiger partial charge is 0.338 e. The summed E-state index contributed by atoms with van der Waals surface area (Å²) in [6.45, 7) is 3.25. The van der Waals surface area contributed by atoms with Gasteiger partial charge in [-0.3, -0.25) is 9.52 Å². The predicted molar refractivity (Wildman–Crippen MR) is 117 cm³/mol. The zero-order valence-corrected chi connectivity index (χ0v) is 19.0. The Kier molecular flexibility index (Phi) is 6.09. The Labute approximate surface area is 186 Å². The number of hydrogen-bond donors (Lipinski definition) is 1. The Bertz CT molecular complexity index is 1230. The van der Waals surface area contributed by atoms with Gasteiger partial charge in [0.25, 0.3) is 15.9 Å². The predicted octanol–water partition coefficient (Wildman–Crippen LogP) is 4.89. The third-order valence-electron chi connectivity index (χ3n) is 4.89. The second kappa shape index (κ2) is 8.64. The Hall–Kier alpha value is -2.37. The van der Waals surface area contributed by atoms with Crippen molar-refractivity contribution in [1.29, 1.82) is 0 Å². The molecule has 0 spiro atoms. The summed E-state index contributed by atoms with van der Waals surface area (Å²) in [5.74, 6) is -2.24. The minimum Gasteiger partial charge on any atom is -0.338 e. The normalized spacial score (nSPS) is 14.6. The molecule has 1 amide bonds. The van der Waals surface area contributed by atoms with Crippen LogP contribution in [0.15, 0.2) is 33.9 Å². The van der Waals surface area contributed by atoms with E-state index >= 15 is 0 Å². The third kappa shape index (κ3) is 4.63. The Morgan fingerprint density at radius 1 is 1.13 bits per heavy atom. The van der Waals surface area contributed by atoms with Crippen molar-refractivity contribution < 1.29 is 22.0 Å². The van der Waals surface area contributed by atoms with Crippen LogP contribution in [0.25, 0.3) is 10.6 Å². The van der Waals surface area contributed by atoms with Crippen molar-refractivity contribution in [3.63, 3.8) is 0 Å². The Balaban J connectivity index is 1.55. The first kappa shape index (κ1) is 21.8. The van der Waals surface area contributed by atoms with Crippen LogP contribution in [0.5, 0.6) is 0 Å². The average molecular weight is 484 g/mol. The molecule has 11 heteroatoms. The molecule has 4 rings (SSSR count). The number of piperidine rings is 1. The van der Waals surface area contributed by atoms with Crippen molar-refractivity contribution in [1.82, 2.24) is 9.88 Å². The van der Waals surface area contributed by atoms with E-state index in [0.29, 0.717) is 21.1 Å². The van der Waals surface area contributed by atoms with Gasteiger partial charge in [0, 0.05) is 30.1 Å². The number of hydrogen-bond acceptors (Lipinski definition) is 6. The van der Waals surface area contributed by atoms with Crippen molar-refractivity contribution in [3.8, 4) is 10.6 Å². The van der Waals surface area contributed by atoms with Gasteiger partial charge in [0.05, 0.1) is 11.4 Å². The van der Waals surface area contributed by atoms with E-state index in [0.717, 1.165) is 61.9 Å². The smallest absolute Gasteiger partial charge is 0.271 e. The third-order valence-corrected chi connectivity index (χ3v) is 8.91. The highest BCUT2D eigenvalue weighted by Crippen LogP contribution is 2.34. The van der Waals surface area contributed by atoms with Gasteiger partial charge in [-0.15, -0.1) is 22.7 Å². The number of nitrogens with zero attached hydrogens (tertiary/aromatic N) is 2. The minimum atomic E-state index is -3.99. The first-order valence-electron chi connectivity index (χ1n) is 9.58. The highest BCUT2D eigenvalue weighted by Gasteiger charge is 2.25. The summed E-state index contributed by atoms with van der Waals surface area (Å²) in [4.78, 5) is 19.7. The maximum absolute atomic E-state index is 13.4. The van der Waals surface area contributed by atoms with Crippen LogP contribution in [-0.4, -0.2) is 37.3 Å². The lowest BCUT2D eigenvalue weighted by Crippen LogP contribution is -2.35. The zero-order chi connectivity index (χ0) is 22.2. The summed E-state index contributed by atoms with van der Waals surface area (Å²) in [6, 6.07) is 4.24. The fraction of sp³-hybridized carbons (Fsp3) is 0.300. The molecule has 0 aliphatic carbocycles. The van der Waals surface area contributed by atoms with Gasteiger partial charge in [-0.25, -0.2) is 22.2 Å². The van der Waals surface area contributed by atoms with E-state index in [9.17, 15) is 22.0 Å². The maximum atomic E-state index is 13.4. The van der Waals surface area contributed by atoms with E-state index in [1.54, 1.807) is 12.3 Å². The lowest BCUT2D eigenvalue weighted by molar-refractivity contribution is 0.0728. The van der Waals surface area contributed by atoms with E-state index in [4.69, 9.17) is 0 Å². The molecule has 1 aromatic carbocycles. The summed E-state index contributed by atoms with van der Waals surface area (Å²) in [5.41, 5.74) is 1.13. The number of thiazole rings is 1. The Morgan fingerprint density at radius 2 is 1.87 bits per heavy atom. The van der Waals surface area contributed by atoms with Crippen LogP contribution in [0.1, 0.15) is 34.6 Å². The number of aromatic nitrogens is 1. The number of anilines is 1. The van der Waals surface area contributed by atoms with Gasteiger partial charge in [0.15, 0.2) is 11.6 Å². The summed E-state index contributed by atoms with van der Waals surface area (Å²) < 4.78 is 54.0. The lowest BCUT2D eigenvalue weighted by atomic mass is 10.1. The molecule has 0 radical (unpaired) electrons. The summed E-state index contributed by atoms with van der Waals surface area (Å²) in [6.07, 6.45) is 3.11. The van der Waals surface area contributed by atoms with Crippen LogP contribution in [-0.2, 0) is 10.0 Å². The molecule has 0 unspecified atom stereocenters. The highest BCUT2D eigenvalue weighted by atomic mass is 32.2. The van der Waals surface area contributed by atoms with Gasteiger partial charge < -0.3 is 4.90 Å². The number of aryl methyl sites for hydroxylation is 1. The molecule has 164 valence electrons. The maximum Gasteiger partial charge on any atom is 0.271 e. The van der Waals surface area contributed by atoms with Crippen LogP contribution >= 0.6 is 22.7 Å². The number of benzene rings is 1. The number of carbonyl (C=O) groups is 1. The molecule has 1 fully saturated rings. The van der Waals surface area contributed by atoms with Crippen LogP contribution in [0.3, 0.4) is 0 Å². The van der Waals surface area contributed by atoms with Gasteiger partial charge in [-0.05, 0) is 44.4 Å². The molecule has 1 aliphatic rings. The van der Waals surface area contributed by atoms with Gasteiger partial charge in [0.2, 0.25) is 0 Å². The van der Waals surface area contributed by atoms with Crippen LogP contribution in [0.4, 0.5) is 14.5 Å².